The first-order valence-corrected chi connectivity index (χ1v) is 4.28. The Kier molecular flexibility index (Phi) is 5.27. The van der Waals surface area contributed by atoms with Crippen LogP contribution in [0.5, 0.6) is 0 Å². The van der Waals surface area contributed by atoms with Crippen molar-refractivity contribution in [2.24, 2.45) is 11.8 Å². The van der Waals surface area contributed by atoms with Gasteiger partial charge in [0.25, 0.3) is 0 Å². The van der Waals surface area contributed by atoms with Crippen molar-refractivity contribution in [1.29, 1.82) is 0 Å². The molecular formula is C8H8O10. The molecule has 0 aliphatic carbocycles. The lowest BCUT2D eigenvalue weighted by Gasteiger charge is -2.15. The van der Waals surface area contributed by atoms with Gasteiger partial charge in [0.1, 0.15) is 0 Å². The molecule has 18 heavy (non-hydrogen) atoms. The van der Waals surface area contributed by atoms with Crippen LogP contribution >= 0.6 is 0 Å². The third-order valence-electron chi connectivity index (χ3n) is 1.82. The molecule has 2 atom stereocenters. The maximum atomic E-state index is 11.1. The number of carboxylic acids is 3. The maximum Gasteiger partial charge on any atom is 0.513 e. The van der Waals surface area contributed by atoms with Crippen molar-refractivity contribution in [3.05, 3.63) is 0 Å². The Balaban J connectivity index is 5.21. The van der Waals surface area contributed by atoms with E-state index in [0.29, 0.717) is 0 Å². The van der Waals surface area contributed by atoms with Gasteiger partial charge in [-0.2, -0.15) is 0 Å². The molecule has 10 nitrogen and oxygen atoms in total. The molecule has 0 aromatic rings. The van der Waals surface area contributed by atoms with Gasteiger partial charge in [0, 0.05) is 0 Å². The highest BCUT2D eigenvalue weighted by molar-refractivity contribution is 6.01. The smallest absolute Gasteiger partial charge is 0.481 e. The van der Waals surface area contributed by atoms with E-state index in [1.807, 2.05) is 0 Å². The molecule has 0 amide bonds. The summed E-state index contributed by atoms with van der Waals surface area (Å²) in [5.74, 6) is -11.9. The fourth-order valence-electron chi connectivity index (χ4n) is 1.12. The second-order valence-electron chi connectivity index (χ2n) is 3.05. The summed E-state index contributed by atoms with van der Waals surface area (Å²) in [6.45, 7) is 0. The van der Waals surface area contributed by atoms with Crippen LogP contribution < -0.4 is 0 Å². The number of hydrogen-bond donors (Lipinski definition) is 4. The Labute approximate surface area is 98.4 Å². The van der Waals surface area contributed by atoms with Crippen molar-refractivity contribution in [3.63, 3.8) is 0 Å². The van der Waals surface area contributed by atoms with Gasteiger partial charge in [-0.15, -0.1) is 0 Å². The van der Waals surface area contributed by atoms with E-state index in [9.17, 15) is 24.0 Å². The van der Waals surface area contributed by atoms with Gasteiger partial charge in [-0.3, -0.25) is 19.2 Å². The van der Waals surface area contributed by atoms with E-state index in [1.54, 1.807) is 0 Å². The highest BCUT2D eigenvalue weighted by Gasteiger charge is 2.42. The highest BCUT2D eigenvalue weighted by atomic mass is 16.7. The summed E-state index contributed by atoms with van der Waals surface area (Å²) in [6.07, 6.45) is -3.29. The Morgan fingerprint density at radius 2 is 1.39 bits per heavy atom. The van der Waals surface area contributed by atoms with Crippen LogP contribution in [0.25, 0.3) is 0 Å². The molecule has 0 fully saturated rings. The zero-order chi connectivity index (χ0) is 14.5. The second kappa shape index (κ2) is 6.18. The molecule has 100 valence electrons. The summed E-state index contributed by atoms with van der Waals surface area (Å²) in [7, 11) is 0. The molecule has 0 aromatic carbocycles. The zero-order valence-corrected chi connectivity index (χ0v) is 8.60. The molecule has 2 unspecified atom stereocenters. The van der Waals surface area contributed by atoms with E-state index < -0.39 is 48.3 Å². The third-order valence-corrected chi connectivity index (χ3v) is 1.82. The molecule has 0 heterocycles. The predicted octanol–water partition coefficient (Wildman–Crippen LogP) is -0.916. The van der Waals surface area contributed by atoms with Crippen LogP contribution in [-0.4, -0.2) is 50.5 Å². The molecule has 0 aliphatic rings. The van der Waals surface area contributed by atoms with Crippen LogP contribution in [0, 0.1) is 11.8 Å². The van der Waals surface area contributed by atoms with E-state index in [-0.39, 0.29) is 0 Å². The predicted molar refractivity (Wildman–Crippen MR) is 48.6 cm³/mol. The SMILES string of the molecule is O=C(O)CC(C(=O)O)C(C(=O)O)C(=O)OC(=O)O. The molecule has 0 spiro atoms. The number of rotatable bonds is 6. The van der Waals surface area contributed by atoms with E-state index in [4.69, 9.17) is 20.4 Å². The quantitative estimate of drug-likeness (QED) is 0.346. The Hall–Kier alpha value is -2.65. The monoisotopic (exact) mass is 264 g/mol. The largest absolute Gasteiger partial charge is 0.513 e. The van der Waals surface area contributed by atoms with Crippen molar-refractivity contribution in [1.82, 2.24) is 0 Å². The first-order valence-electron chi connectivity index (χ1n) is 4.28. The van der Waals surface area contributed by atoms with Crippen molar-refractivity contribution < 1.29 is 49.1 Å². The molecule has 0 bridgehead atoms. The zero-order valence-electron chi connectivity index (χ0n) is 8.60. The highest BCUT2D eigenvalue weighted by Crippen LogP contribution is 2.19. The normalized spacial score (nSPS) is 13.1. The van der Waals surface area contributed by atoms with E-state index in [2.05, 4.69) is 4.74 Å². The summed E-state index contributed by atoms with van der Waals surface area (Å²) >= 11 is 0. The summed E-state index contributed by atoms with van der Waals surface area (Å²) in [5.41, 5.74) is 0. The lowest BCUT2D eigenvalue weighted by atomic mass is 9.89. The molecule has 4 N–H and O–H groups in total. The van der Waals surface area contributed by atoms with Gasteiger partial charge < -0.3 is 25.2 Å². The number of ether oxygens (including phenoxy) is 1. The number of aliphatic carboxylic acids is 3. The molecule has 10 heteroatoms. The number of hydrogen-bond acceptors (Lipinski definition) is 6. The van der Waals surface area contributed by atoms with Crippen LogP contribution in [0.3, 0.4) is 0 Å². The van der Waals surface area contributed by atoms with Gasteiger partial charge in [-0.25, -0.2) is 4.79 Å². The van der Waals surface area contributed by atoms with Crippen LogP contribution in [0.2, 0.25) is 0 Å². The van der Waals surface area contributed by atoms with Crippen LogP contribution in [0.15, 0.2) is 0 Å². The fourth-order valence-corrected chi connectivity index (χ4v) is 1.12. The average molecular weight is 264 g/mol. The minimum Gasteiger partial charge on any atom is -0.481 e. The minimum atomic E-state index is -2.42. The number of carbonyl (C=O) groups is 5. The van der Waals surface area contributed by atoms with Gasteiger partial charge in [0.05, 0.1) is 12.3 Å². The molecule has 0 rings (SSSR count). The third kappa shape index (κ3) is 4.47. The average Bonchev–Trinajstić information content (AvgIpc) is 2.13. The molecule has 0 aliphatic heterocycles. The van der Waals surface area contributed by atoms with E-state index >= 15 is 0 Å². The van der Waals surface area contributed by atoms with Crippen molar-refractivity contribution in [2.75, 3.05) is 0 Å². The van der Waals surface area contributed by atoms with Crippen LogP contribution in [-0.2, 0) is 23.9 Å². The number of esters is 1. The van der Waals surface area contributed by atoms with Crippen molar-refractivity contribution in [3.8, 4) is 0 Å². The van der Waals surface area contributed by atoms with Gasteiger partial charge in [0.15, 0.2) is 5.92 Å². The molecule has 0 radical (unpaired) electrons. The fraction of sp³-hybridized carbons (Fsp3) is 0.375. The van der Waals surface area contributed by atoms with Gasteiger partial charge in [0.2, 0.25) is 0 Å². The molecule has 0 saturated carbocycles. The van der Waals surface area contributed by atoms with Crippen LogP contribution in [0.1, 0.15) is 6.42 Å². The Morgan fingerprint density at radius 1 is 0.889 bits per heavy atom. The first kappa shape index (κ1) is 15.3. The standard InChI is InChI=1S/C8H8O10/c9-3(10)1-2(5(11)12)4(6(13)14)7(15)18-8(16)17/h2,4H,1H2,(H,9,10)(H,11,12)(H,13,14)(H,16,17). The van der Waals surface area contributed by atoms with Gasteiger partial charge in [-0.05, 0) is 0 Å². The summed E-state index contributed by atoms with van der Waals surface area (Å²) < 4.78 is 3.53. The number of carbonyl (C=O) groups excluding carboxylic acids is 1. The van der Waals surface area contributed by atoms with Crippen molar-refractivity contribution >= 4 is 30.0 Å². The summed E-state index contributed by atoms with van der Waals surface area (Å²) in [5, 5.41) is 33.8. The summed E-state index contributed by atoms with van der Waals surface area (Å²) in [6, 6.07) is 0. The van der Waals surface area contributed by atoms with Gasteiger partial charge >= 0.3 is 30.0 Å². The number of carboxylic acid groups (broad SMARTS) is 4. The Morgan fingerprint density at radius 3 is 1.67 bits per heavy atom. The van der Waals surface area contributed by atoms with Crippen molar-refractivity contribution in [2.45, 2.75) is 6.42 Å². The topological polar surface area (TPSA) is 175 Å². The lowest BCUT2D eigenvalue weighted by Crippen LogP contribution is -2.38. The molecule has 0 aromatic heterocycles. The van der Waals surface area contributed by atoms with E-state index in [1.165, 1.54) is 0 Å². The molecular weight excluding hydrogens is 256 g/mol. The van der Waals surface area contributed by atoms with Gasteiger partial charge in [-0.1, -0.05) is 0 Å². The second-order valence-corrected chi connectivity index (χ2v) is 3.05. The Bertz CT molecular complexity index is 397. The van der Waals surface area contributed by atoms with Crippen LogP contribution in [0.4, 0.5) is 4.79 Å². The maximum absolute atomic E-state index is 11.1. The minimum absolute atomic E-state index is 1.17. The van der Waals surface area contributed by atoms with E-state index in [0.717, 1.165) is 0 Å². The lowest BCUT2D eigenvalue weighted by molar-refractivity contribution is -0.166. The summed E-state index contributed by atoms with van der Waals surface area (Å²) in [4.78, 5) is 52.9. The molecule has 0 saturated heterocycles. The first-order chi connectivity index (χ1) is 8.16.